The molecule has 1 heterocycles. The summed E-state index contributed by atoms with van der Waals surface area (Å²) in [6.45, 7) is 6.80. The maximum atomic E-state index is 2.45. The summed E-state index contributed by atoms with van der Waals surface area (Å²) in [7, 11) is 0. The fourth-order valence-electron chi connectivity index (χ4n) is 4.28. The first-order valence-electron chi connectivity index (χ1n) is 11.5. The minimum Gasteiger partial charge on any atom is -0.330 e. The first kappa shape index (κ1) is 21.6. The van der Waals surface area contributed by atoms with Gasteiger partial charge in [-0.3, -0.25) is 0 Å². The highest BCUT2D eigenvalue weighted by atomic mass is 32.2. The van der Waals surface area contributed by atoms with Crippen LogP contribution in [0.2, 0.25) is 0 Å². The Morgan fingerprint density at radius 3 is 1.67 bits per heavy atom. The van der Waals surface area contributed by atoms with Crippen LogP contribution in [0, 0.1) is 0 Å². The highest BCUT2D eigenvalue weighted by Gasteiger charge is 2.27. The van der Waals surface area contributed by atoms with Crippen LogP contribution in [0.25, 0.3) is 21.7 Å². The van der Waals surface area contributed by atoms with E-state index in [4.69, 9.17) is 0 Å². The lowest BCUT2D eigenvalue weighted by Gasteiger charge is -2.23. The summed E-state index contributed by atoms with van der Waals surface area (Å²) in [5.74, 6) is 0.908. The van der Waals surface area contributed by atoms with Crippen molar-refractivity contribution >= 4 is 28.1 Å². The van der Waals surface area contributed by atoms with Crippen LogP contribution in [0.15, 0.2) is 109 Å². The van der Waals surface area contributed by atoms with Crippen molar-refractivity contribution < 1.29 is 0 Å². The molecule has 1 nitrogen and oxygen atoms in total. The summed E-state index contributed by atoms with van der Waals surface area (Å²) in [6, 6.07) is 39.4. The summed E-state index contributed by atoms with van der Waals surface area (Å²) in [6.07, 6.45) is 0. The lowest BCUT2D eigenvalue weighted by Crippen LogP contribution is -2.16. The minimum absolute atomic E-state index is 0.157. The Balaban J connectivity index is 1.55. The van der Waals surface area contributed by atoms with Crippen LogP contribution in [-0.4, -0.2) is 5.88 Å². The Hall–Kier alpha value is -3.23. The summed E-state index contributed by atoms with van der Waals surface area (Å²) in [5.41, 5.74) is 9.07. The Bertz CT molecular complexity index is 1250. The third kappa shape index (κ3) is 4.49. The van der Waals surface area contributed by atoms with Crippen molar-refractivity contribution in [2.45, 2.75) is 26.2 Å². The molecule has 0 bridgehead atoms. The van der Waals surface area contributed by atoms with Gasteiger partial charge in [-0.05, 0) is 45.4 Å². The molecule has 1 aliphatic rings. The molecule has 5 rings (SSSR count). The molecular formula is C31H29NS. The summed E-state index contributed by atoms with van der Waals surface area (Å²) >= 11 is 1.92. The number of hydrogen-bond acceptors (Lipinski definition) is 2. The van der Waals surface area contributed by atoms with Gasteiger partial charge in [-0.1, -0.05) is 118 Å². The standard InChI is InChI=1S/C31H29NS/c1-31(2,3)27-18-14-26(15-19-27)30-29(25-12-8-5-9-13-25)32(22-33-30)28-20-16-24(17-21-28)23-10-6-4-7-11-23/h4-21H,22H2,1-3H3. The van der Waals surface area contributed by atoms with Crippen LogP contribution in [-0.2, 0) is 5.41 Å². The Labute approximate surface area is 201 Å². The monoisotopic (exact) mass is 447 g/mol. The van der Waals surface area contributed by atoms with Crippen molar-refractivity contribution in [3.63, 3.8) is 0 Å². The van der Waals surface area contributed by atoms with Gasteiger partial charge in [-0.25, -0.2) is 0 Å². The van der Waals surface area contributed by atoms with Gasteiger partial charge in [-0.15, -0.1) is 11.8 Å². The van der Waals surface area contributed by atoms with E-state index in [0.29, 0.717) is 0 Å². The fourth-order valence-corrected chi connectivity index (χ4v) is 5.48. The van der Waals surface area contributed by atoms with Crippen LogP contribution in [0.4, 0.5) is 5.69 Å². The number of rotatable bonds is 4. The quantitative estimate of drug-likeness (QED) is 0.308. The molecule has 0 saturated heterocycles. The molecule has 0 saturated carbocycles. The lowest BCUT2D eigenvalue weighted by atomic mass is 9.86. The van der Waals surface area contributed by atoms with Gasteiger partial charge in [0.25, 0.3) is 0 Å². The zero-order chi connectivity index (χ0) is 22.8. The molecule has 33 heavy (non-hydrogen) atoms. The van der Waals surface area contributed by atoms with Crippen molar-refractivity contribution in [1.29, 1.82) is 0 Å². The molecule has 4 aromatic rings. The van der Waals surface area contributed by atoms with Crippen LogP contribution in [0.5, 0.6) is 0 Å². The second-order valence-corrected chi connectivity index (χ2v) is 10.4. The van der Waals surface area contributed by atoms with Gasteiger partial charge < -0.3 is 4.90 Å². The molecule has 1 aliphatic heterocycles. The molecule has 0 spiro atoms. The topological polar surface area (TPSA) is 3.24 Å². The molecule has 0 radical (unpaired) electrons. The van der Waals surface area contributed by atoms with E-state index in [0.717, 1.165) is 5.88 Å². The van der Waals surface area contributed by atoms with Crippen LogP contribution >= 0.6 is 11.8 Å². The maximum absolute atomic E-state index is 2.45. The molecule has 4 aromatic carbocycles. The molecule has 0 N–H and O–H groups in total. The van der Waals surface area contributed by atoms with Gasteiger partial charge in [0, 0.05) is 10.6 Å². The lowest BCUT2D eigenvalue weighted by molar-refractivity contribution is 0.590. The largest absolute Gasteiger partial charge is 0.330 e. The smallest absolute Gasteiger partial charge is 0.0736 e. The van der Waals surface area contributed by atoms with Crippen LogP contribution in [0.1, 0.15) is 37.5 Å². The molecule has 0 unspecified atom stereocenters. The Morgan fingerprint density at radius 2 is 1.09 bits per heavy atom. The van der Waals surface area contributed by atoms with E-state index in [1.54, 1.807) is 0 Å². The highest BCUT2D eigenvalue weighted by molar-refractivity contribution is 8.09. The molecule has 0 aliphatic carbocycles. The average molecular weight is 448 g/mol. The van der Waals surface area contributed by atoms with Crippen molar-refractivity contribution in [2.24, 2.45) is 0 Å². The van der Waals surface area contributed by atoms with Gasteiger partial charge in [0.05, 0.1) is 11.6 Å². The van der Waals surface area contributed by atoms with Crippen molar-refractivity contribution in [2.75, 3.05) is 10.8 Å². The van der Waals surface area contributed by atoms with E-state index in [-0.39, 0.29) is 5.41 Å². The second-order valence-electron chi connectivity index (χ2n) is 9.49. The fraction of sp³-hybridized carbons (Fsp3) is 0.161. The van der Waals surface area contributed by atoms with Gasteiger partial charge in [0.2, 0.25) is 0 Å². The Morgan fingerprint density at radius 1 is 0.576 bits per heavy atom. The van der Waals surface area contributed by atoms with E-state index < -0.39 is 0 Å². The number of anilines is 1. The molecule has 2 heteroatoms. The third-order valence-electron chi connectivity index (χ3n) is 6.17. The number of thioether (sulfide) groups is 1. The molecular weight excluding hydrogens is 418 g/mol. The minimum atomic E-state index is 0.157. The van der Waals surface area contributed by atoms with Crippen LogP contribution < -0.4 is 4.90 Å². The first-order valence-corrected chi connectivity index (χ1v) is 12.5. The molecule has 0 atom stereocenters. The first-order chi connectivity index (χ1) is 16.0. The van der Waals surface area contributed by atoms with E-state index in [9.17, 15) is 0 Å². The summed E-state index contributed by atoms with van der Waals surface area (Å²) in [5, 5.41) is 0. The van der Waals surface area contributed by atoms with Crippen molar-refractivity contribution in [1.82, 2.24) is 0 Å². The van der Waals surface area contributed by atoms with Crippen molar-refractivity contribution in [3.8, 4) is 11.1 Å². The predicted molar refractivity (Wildman–Crippen MR) is 145 cm³/mol. The van der Waals surface area contributed by atoms with E-state index >= 15 is 0 Å². The zero-order valence-electron chi connectivity index (χ0n) is 19.5. The molecule has 0 amide bonds. The van der Waals surface area contributed by atoms with Gasteiger partial charge in [-0.2, -0.15) is 0 Å². The summed E-state index contributed by atoms with van der Waals surface area (Å²) in [4.78, 5) is 3.79. The average Bonchev–Trinajstić information content (AvgIpc) is 3.30. The SMILES string of the molecule is CC(C)(C)c1ccc(C2=C(c3ccccc3)N(c3ccc(-c4ccccc4)cc3)CS2)cc1. The van der Waals surface area contributed by atoms with E-state index in [1.807, 2.05) is 11.8 Å². The number of nitrogens with zero attached hydrogens (tertiary/aromatic N) is 1. The number of benzene rings is 4. The predicted octanol–water partition coefficient (Wildman–Crippen LogP) is 8.69. The van der Waals surface area contributed by atoms with Gasteiger partial charge in [0.15, 0.2) is 0 Å². The van der Waals surface area contributed by atoms with Crippen molar-refractivity contribution in [3.05, 3.63) is 126 Å². The van der Waals surface area contributed by atoms with Crippen LogP contribution in [0.3, 0.4) is 0 Å². The van der Waals surface area contributed by atoms with E-state index in [2.05, 4.69) is 135 Å². The summed E-state index contributed by atoms with van der Waals surface area (Å²) < 4.78 is 0. The molecule has 0 aromatic heterocycles. The zero-order valence-corrected chi connectivity index (χ0v) is 20.3. The molecule has 0 fully saturated rings. The molecule has 164 valence electrons. The number of hydrogen-bond donors (Lipinski definition) is 0. The highest BCUT2D eigenvalue weighted by Crippen LogP contribution is 2.46. The van der Waals surface area contributed by atoms with E-state index in [1.165, 1.54) is 44.1 Å². The Kier molecular flexibility index (Phi) is 5.86. The third-order valence-corrected chi connectivity index (χ3v) is 7.27. The van der Waals surface area contributed by atoms with Gasteiger partial charge in [0.1, 0.15) is 0 Å². The normalized spacial score (nSPS) is 14.1. The maximum Gasteiger partial charge on any atom is 0.0736 e. The second kappa shape index (κ2) is 8.96. The van der Waals surface area contributed by atoms with Gasteiger partial charge >= 0.3 is 0 Å².